The van der Waals surface area contributed by atoms with Crippen LogP contribution in [0.2, 0.25) is 0 Å². The summed E-state index contributed by atoms with van der Waals surface area (Å²) in [6, 6.07) is 3.59. The predicted molar refractivity (Wildman–Crippen MR) is 79.8 cm³/mol. The van der Waals surface area contributed by atoms with Crippen molar-refractivity contribution in [1.29, 1.82) is 0 Å². The van der Waals surface area contributed by atoms with E-state index in [2.05, 4.69) is 15.1 Å². The van der Waals surface area contributed by atoms with Crippen molar-refractivity contribution in [3.63, 3.8) is 0 Å². The third kappa shape index (κ3) is 3.06. The molecule has 1 N–H and O–H groups in total. The van der Waals surface area contributed by atoms with Crippen LogP contribution in [0.5, 0.6) is 0 Å². The SMILES string of the molecule is Cc1ccc(-c2nc(Cc3csc(C)n3)n(CC(=O)O)n2)o1. The maximum atomic E-state index is 11.0. The normalized spacial score (nSPS) is 11.0. The van der Waals surface area contributed by atoms with Crippen LogP contribution in [0.1, 0.15) is 22.3 Å². The first-order valence-corrected chi connectivity index (χ1v) is 7.52. The number of nitrogens with zero attached hydrogens (tertiary/aromatic N) is 4. The third-order valence-electron chi connectivity index (χ3n) is 3.00. The molecule has 0 amide bonds. The molecule has 0 spiro atoms. The van der Waals surface area contributed by atoms with Crippen molar-refractivity contribution >= 4 is 17.3 Å². The van der Waals surface area contributed by atoms with Crippen LogP contribution in [0, 0.1) is 13.8 Å². The summed E-state index contributed by atoms with van der Waals surface area (Å²) in [7, 11) is 0. The highest BCUT2D eigenvalue weighted by molar-refractivity contribution is 7.09. The number of carboxylic acid groups (broad SMARTS) is 1. The third-order valence-corrected chi connectivity index (χ3v) is 3.82. The summed E-state index contributed by atoms with van der Waals surface area (Å²) in [5.74, 6) is 1.24. The standard InChI is InChI=1S/C14H14N4O3S/c1-8-3-4-11(21-8)14-16-12(18(17-14)6-13(19)20)5-10-7-22-9(2)15-10/h3-4,7H,5-6H2,1-2H3,(H,19,20). The molecule has 0 aliphatic carbocycles. The molecule has 3 rings (SSSR count). The number of thiazole rings is 1. The van der Waals surface area contributed by atoms with E-state index in [-0.39, 0.29) is 6.54 Å². The molecule has 0 aliphatic heterocycles. The second-order valence-electron chi connectivity index (χ2n) is 4.85. The Bertz CT molecular complexity index is 818. The molecule has 0 aliphatic rings. The zero-order valence-electron chi connectivity index (χ0n) is 12.1. The van der Waals surface area contributed by atoms with Gasteiger partial charge in [0, 0.05) is 5.38 Å². The Morgan fingerprint density at radius 3 is 2.77 bits per heavy atom. The Labute approximate surface area is 130 Å². The highest BCUT2D eigenvalue weighted by Gasteiger charge is 2.17. The summed E-state index contributed by atoms with van der Waals surface area (Å²) in [4.78, 5) is 19.8. The van der Waals surface area contributed by atoms with Crippen molar-refractivity contribution in [3.05, 3.63) is 39.8 Å². The highest BCUT2D eigenvalue weighted by Crippen LogP contribution is 2.20. The van der Waals surface area contributed by atoms with E-state index in [1.54, 1.807) is 17.4 Å². The molecule has 0 fully saturated rings. The van der Waals surface area contributed by atoms with E-state index >= 15 is 0 Å². The Kier molecular flexibility index (Phi) is 3.76. The van der Waals surface area contributed by atoms with Crippen LogP contribution in [-0.4, -0.2) is 30.8 Å². The lowest BCUT2D eigenvalue weighted by molar-refractivity contribution is -0.137. The smallest absolute Gasteiger partial charge is 0.325 e. The highest BCUT2D eigenvalue weighted by atomic mass is 32.1. The van der Waals surface area contributed by atoms with Gasteiger partial charge in [0.1, 0.15) is 18.1 Å². The number of rotatable bonds is 5. The number of hydrogen-bond acceptors (Lipinski definition) is 6. The number of carbonyl (C=O) groups is 1. The molecule has 0 saturated carbocycles. The fourth-order valence-electron chi connectivity index (χ4n) is 2.07. The van der Waals surface area contributed by atoms with E-state index in [1.165, 1.54) is 4.68 Å². The quantitative estimate of drug-likeness (QED) is 0.775. The van der Waals surface area contributed by atoms with Crippen molar-refractivity contribution in [2.24, 2.45) is 0 Å². The number of aromatic nitrogens is 4. The summed E-state index contributed by atoms with van der Waals surface area (Å²) >= 11 is 1.55. The second kappa shape index (κ2) is 5.72. The number of furan rings is 1. The molecule has 0 saturated heterocycles. The van der Waals surface area contributed by atoms with Gasteiger partial charge in [-0.3, -0.25) is 4.79 Å². The first-order chi connectivity index (χ1) is 10.5. The summed E-state index contributed by atoms with van der Waals surface area (Å²) < 4.78 is 6.88. The average molecular weight is 318 g/mol. The van der Waals surface area contributed by atoms with E-state index in [4.69, 9.17) is 9.52 Å². The fourth-order valence-corrected chi connectivity index (χ4v) is 2.68. The maximum absolute atomic E-state index is 11.0. The lowest BCUT2D eigenvalue weighted by atomic mass is 10.3. The monoisotopic (exact) mass is 318 g/mol. The lowest BCUT2D eigenvalue weighted by Crippen LogP contribution is -2.13. The van der Waals surface area contributed by atoms with Gasteiger partial charge in [0.2, 0.25) is 5.82 Å². The Morgan fingerprint density at radius 2 is 2.18 bits per heavy atom. The molecule has 0 radical (unpaired) electrons. The number of aliphatic carboxylic acids is 1. The van der Waals surface area contributed by atoms with E-state index in [0.717, 1.165) is 16.5 Å². The van der Waals surface area contributed by atoms with Crippen LogP contribution >= 0.6 is 11.3 Å². The molecule has 0 atom stereocenters. The van der Waals surface area contributed by atoms with Crippen LogP contribution in [0.25, 0.3) is 11.6 Å². The van der Waals surface area contributed by atoms with Gasteiger partial charge in [-0.05, 0) is 26.0 Å². The van der Waals surface area contributed by atoms with Gasteiger partial charge in [-0.2, -0.15) is 0 Å². The molecule has 22 heavy (non-hydrogen) atoms. The lowest BCUT2D eigenvalue weighted by Gasteiger charge is -2.00. The van der Waals surface area contributed by atoms with E-state index < -0.39 is 5.97 Å². The first kappa shape index (κ1) is 14.5. The molecule has 0 unspecified atom stereocenters. The minimum Gasteiger partial charge on any atom is -0.480 e. The minimum absolute atomic E-state index is 0.245. The van der Waals surface area contributed by atoms with Gasteiger partial charge in [-0.1, -0.05) is 0 Å². The predicted octanol–water partition coefficient (Wildman–Crippen LogP) is 2.29. The zero-order valence-corrected chi connectivity index (χ0v) is 12.9. The van der Waals surface area contributed by atoms with Crippen LogP contribution in [0.15, 0.2) is 21.9 Å². The molecule has 3 aromatic rings. The molecule has 0 aromatic carbocycles. The Morgan fingerprint density at radius 1 is 1.36 bits per heavy atom. The van der Waals surface area contributed by atoms with Crippen molar-refractivity contribution in [2.75, 3.05) is 0 Å². The van der Waals surface area contributed by atoms with Crippen molar-refractivity contribution in [2.45, 2.75) is 26.8 Å². The molecular formula is C14H14N4O3S. The summed E-state index contributed by atoms with van der Waals surface area (Å²) in [5, 5.41) is 16.2. The van der Waals surface area contributed by atoms with Gasteiger partial charge in [0.15, 0.2) is 5.76 Å². The topological polar surface area (TPSA) is 94.0 Å². The summed E-state index contributed by atoms with van der Waals surface area (Å²) in [6.07, 6.45) is 0.435. The molecule has 3 heterocycles. The van der Waals surface area contributed by atoms with E-state index in [9.17, 15) is 4.79 Å². The Hall–Kier alpha value is -2.48. The Balaban J connectivity index is 1.95. The van der Waals surface area contributed by atoms with Crippen molar-refractivity contribution < 1.29 is 14.3 Å². The summed E-state index contributed by atoms with van der Waals surface area (Å²) in [5.41, 5.74) is 0.851. The van der Waals surface area contributed by atoms with Crippen LogP contribution in [0.3, 0.4) is 0 Å². The van der Waals surface area contributed by atoms with Gasteiger partial charge in [-0.25, -0.2) is 14.6 Å². The molecule has 3 aromatic heterocycles. The number of aryl methyl sites for hydroxylation is 2. The molecule has 0 bridgehead atoms. The van der Waals surface area contributed by atoms with Gasteiger partial charge < -0.3 is 9.52 Å². The second-order valence-corrected chi connectivity index (χ2v) is 5.91. The fraction of sp³-hybridized carbons (Fsp3) is 0.286. The van der Waals surface area contributed by atoms with Crippen LogP contribution in [0.4, 0.5) is 0 Å². The van der Waals surface area contributed by atoms with Gasteiger partial charge in [0.05, 0.1) is 17.1 Å². The summed E-state index contributed by atoms with van der Waals surface area (Å²) in [6.45, 7) is 3.51. The number of hydrogen-bond donors (Lipinski definition) is 1. The number of carboxylic acids is 1. The van der Waals surface area contributed by atoms with E-state index in [0.29, 0.717) is 23.8 Å². The van der Waals surface area contributed by atoms with E-state index in [1.807, 2.05) is 25.3 Å². The minimum atomic E-state index is -0.970. The van der Waals surface area contributed by atoms with Gasteiger partial charge in [0.25, 0.3) is 0 Å². The van der Waals surface area contributed by atoms with Crippen molar-refractivity contribution in [3.8, 4) is 11.6 Å². The maximum Gasteiger partial charge on any atom is 0.325 e. The first-order valence-electron chi connectivity index (χ1n) is 6.64. The zero-order chi connectivity index (χ0) is 15.7. The molecule has 8 heteroatoms. The average Bonchev–Trinajstić information content (AvgIpc) is 3.12. The van der Waals surface area contributed by atoms with Crippen LogP contribution in [-0.2, 0) is 17.8 Å². The van der Waals surface area contributed by atoms with Gasteiger partial charge in [-0.15, -0.1) is 16.4 Å². The molecule has 114 valence electrons. The van der Waals surface area contributed by atoms with Crippen molar-refractivity contribution in [1.82, 2.24) is 19.7 Å². The largest absolute Gasteiger partial charge is 0.480 e. The molecular weight excluding hydrogens is 304 g/mol. The van der Waals surface area contributed by atoms with Crippen LogP contribution < -0.4 is 0 Å². The molecule has 7 nitrogen and oxygen atoms in total. The van der Waals surface area contributed by atoms with Gasteiger partial charge >= 0.3 is 5.97 Å².